The predicted octanol–water partition coefficient (Wildman–Crippen LogP) is 3.18. The Hall–Kier alpha value is -0.440. The van der Waals surface area contributed by atoms with E-state index >= 15 is 0 Å². The van der Waals surface area contributed by atoms with E-state index in [1.807, 2.05) is 0 Å². The molecule has 0 aliphatic heterocycles. The molecule has 14 heavy (non-hydrogen) atoms. The molecule has 1 rings (SSSR count). The first-order chi connectivity index (χ1) is 6.59. The van der Waals surface area contributed by atoms with Crippen LogP contribution in [0.15, 0.2) is 18.2 Å². The largest absolute Gasteiger partial charge is 0.393 e. The Kier molecular flexibility index (Phi) is 4.52. The zero-order valence-electron chi connectivity index (χ0n) is 7.93. The summed E-state index contributed by atoms with van der Waals surface area (Å²) in [6.07, 6.45) is 0.378. The van der Waals surface area contributed by atoms with Gasteiger partial charge in [0.2, 0.25) is 0 Å². The Morgan fingerprint density at radius 3 is 2.79 bits per heavy atom. The summed E-state index contributed by atoms with van der Waals surface area (Å²) in [5.41, 5.74) is 0.805. The van der Waals surface area contributed by atoms with Crippen molar-refractivity contribution < 1.29 is 5.11 Å². The normalized spacial score (nSPS) is 12.6. The van der Waals surface area contributed by atoms with Crippen molar-refractivity contribution in [2.75, 3.05) is 11.9 Å². The summed E-state index contributed by atoms with van der Waals surface area (Å²) in [6, 6.07) is 5.25. The maximum absolute atomic E-state index is 9.06. The minimum Gasteiger partial charge on any atom is -0.393 e. The highest BCUT2D eigenvalue weighted by atomic mass is 35.5. The first-order valence-corrected chi connectivity index (χ1v) is 5.22. The number of benzene rings is 1. The monoisotopic (exact) mass is 233 g/mol. The SMILES string of the molecule is CC(O)CCNc1cc(Cl)ccc1Cl. The van der Waals surface area contributed by atoms with Gasteiger partial charge in [-0.05, 0) is 31.5 Å². The fourth-order valence-corrected chi connectivity index (χ4v) is 1.41. The standard InChI is InChI=1S/C10H13Cl2NO/c1-7(14)4-5-13-10-6-8(11)2-3-9(10)12/h2-3,6-7,13-14H,4-5H2,1H3. The third kappa shape index (κ3) is 3.74. The summed E-state index contributed by atoms with van der Waals surface area (Å²) in [6.45, 7) is 2.43. The fourth-order valence-electron chi connectivity index (χ4n) is 1.05. The maximum Gasteiger partial charge on any atom is 0.0638 e. The summed E-state index contributed by atoms with van der Waals surface area (Å²) >= 11 is 11.7. The topological polar surface area (TPSA) is 32.3 Å². The molecule has 4 heteroatoms. The van der Waals surface area contributed by atoms with Gasteiger partial charge >= 0.3 is 0 Å². The molecule has 0 radical (unpaired) electrons. The van der Waals surface area contributed by atoms with Crippen LogP contribution < -0.4 is 5.32 Å². The Morgan fingerprint density at radius 2 is 2.14 bits per heavy atom. The van der Waals surface area contributed by atoms with E-state index < -0.39 is 0 Å². The number of hydrogen-bond acceptors (Lipinski definition) is 2. The summed E-state index contributed by atoms with van der Waals surface area (Å²) in [7, 11) is 0. The molecule has 0 spiro atoms. The van der Waals surface area contributed by atoms with Crippen LogP contribution in [0, 0.1) is 0 Å². The van der Waals surface area contributed by atoms with Gasteiger partial charge in [-0.2, -0.15) is 0 Å². The van der Waals surface area contributed by atoms with Gasteiger partial charge in [0, 0.05) is 11.6 Å². The second kappa shape index (κ2) is 5.44. The molecule has 0 saturated carbocycles. The Labute approximate surface area is 93.8 Å². The summed E-state index contributed by atoms with van der Waals surface area (Å²) in [4.78, 5) is 0. The maximum atomic E-state index is 9.06. The van der Waals surface area contributed by atoms with E-state index in [2.05, 4.69) is 5.32 Å². The molecule has 1 aromatic carbocycles. The smallest absolute Gasteiger partial charge is 0.0638 e. The van der Waals surface area contributed by atoms with Crippen LogP contribution >= 0.6 is 23.2 Å². The number of halogens is 2. The zero-order valence-corrected chi connectivity index (χ0v) is 9.44. The van der Waals surface area contributed by atoms with Crippen molar-refractivity contribution in [1.82, 2.24) is 0 Å². The molecule has 0 fully saturated rings. The highest BCUT2D eigenvalue weighted by Crippen LogP contribution is 2.25. The van der Waals surface area contributed by atoms with Crippen molar-refractivity contribution >= 4 is 28.9 Å². The van der Waals surface area contributed by atoms with Gasteiger partial charge in [0.15, 0.2) is 0 Å². The number of nitrogens with one attached hydrogen (secondary N) is 1. The third-order valence-corrected chi connectivity index (χ3v) is 2.37. The van der Waals surface area contributed by atoms with Crippen LogP contribution in [0.3, 0.4) is 0 Å². The van der Waals surface area contributed by atoms with Gasteiger partial charge in [-0.3, -0.25) is 0 Å². The number of rotatable bonds is 4. The molecule has 2 N–H and O–H groups in total. The van der Waals surface area contributed by atoms with Crippen molar-refractivity contribution in [1.29, 1.82) is 0 Å². The molecule has 2 nitrogen and oxygen atoms in total. The summed E-state index contributed by atoms with van der Waals surface area (Å²) in [5.74, 6) is 0. The van der Waals surface area contributed by atoms with E-state index in [1.165, 1.54) is 0 Å². The van der Waals surface area contributed by atoms with E-state index in [1.54, 1.807) is 25.1 Å². The quantitative estimate of drug-likeness (QED) is 0.838. The zero-order chi connectivity index (χ0) is 10.6. The highest BCUT2D eigenvalue weighted by Gasteiger charge is 2.01. The minimum atomic E-state index is -0.305. The molecule has 1 unspecified atom stereocenters. The molecule has 0 aliphatic carbocycles. The molecule has 0 bridgehead atoms. The molecular formula is C10H13Cl2NO. The van der Waals surface area contributed by atoms with Crippen LogP contribution in [0.2, 0.25) is 10.0 Å². The lowest BCUT2D eigenvalue weighted by Crippen LogP contribution is -2.09. The number of aliphatic hydroxyl groups excluding tert-OH is 1. The van der Waals surface area contributed by atoms with Gasteiger partial charge < -0.3 is 10.4 Å². The number of hydrogen-bond donors (Lipinski definition) is 2. The molecule has 1 atom stereocenters. The van der Waals surface area contributed by atoms with Crippen LogP contribution in [-0.2, 0) is 0 Å². The Morgan fingerprint density at radius 1 is 1.43 bits per heavy atom. The van der Waals surface area contributed by atoms with Crippen LogP contribution in [0.5, 0.6) is 0 Å². The second-order valence-corrected chi connectivity index (χ2v) is 4.03. The first kappa shape index (κ1) is 11.6. The molecule has 0 heterocycles. The highest BCUT2D eigenvalue weighted by molar-refractivity contribution is 6.35. The van der Waals surface area contributed by atoms with Crippen molar-refractivity contribution in [3.8, 4) is 0 Å². The lowest BCUT2D eigenvalue weighted by Gasteiger charge is -2.09. The van der Waals surface area contributed by atoms with Crippen molar-refractivity contribution in [2.45, 2.75) is 19.4 Å². The molecular weight excluding hydrogens is 221 g/mol. The third-order valence-electron chi connectivity index (χ3n) is 1.81. The Balaban J connectivity index is 2.53. The van der Waals surface area contributed by atoms with Crippen LogP contribution in [0.1, 0.15) is 13.3 Å². The van der Waals surface area contributed by atoms with E-state index in [4.69, 9.17) is 28.3 Å². The van der Waals surface area contributed by atoms with Crippen LogP contribution in [0.25, 0.3) is 0 Å². The van der Waals surface area contributed by atoms with Crippen LogP contribution in [-0.4, -0.2) is 17.8 Å². The predicted molar refractivity (Wildman–Crippen MR) is 61.2 cm³/mol. The van der Waals surface area contributed by atoms with Gasteiger partial charge in [0.25, 0.3) is 0 Å². The number of aliphatic hydroxyl groups is 1. The molecule has 78 valence electrons. The summed E-state index contributed by atoms with van der Waals surface area (Å²) in [5, 5.41) is 13.4. The van der Waals surface area contributed by atoms with Gasteiger partial charge in [-0.15, -0.1) is 0 Å². The molecule has 1 aromatic rings. The summed E-state index contributed by atoms with van der Waals surface area (Å²) < 4.78 is 0. The first-order valence-electron chi connectivity index (χ1n) is 4.46. The van der Waals surface area contributed by atoms with Crippen LogP contribution in [0.4, 0.5) is 5.69 Å². The average Bonchev–Trinajstić information content (AvgIpc) is 2.10. The fraction of sp³-hybridized carbons (Fsp3) is 0.400. The van der Waals surface area contributed by atoms with Crippen molar-refractivity contribution in [3.63, 3.8) is 0 Å². The second-order valence-electron chi connectivity index (χ2n) is 3.19. The van der Waals surface area contributed by atoms with Gasteiger partial charge in [0.1, 0.15) is 0 Å². The van der Waals surface area contributed by atoms with Gasteiger partial charge in [-0.1, -0.05) is 23.2 Å². The van der Waals surface area contributed by atoms with E-state index in [0.717, 1.165) is 5.69 Å². The van der Waals surface area contributed by atoms with E-state index in [-0.39, 0.29) is 6.10 Å². The van der Waals surface area contributed by atoms with Crippen molar-refractivity contribution in [2.24, 2.45) is 0 Å². The van der Waals surface area contributed by atoms with Gasteiger partial charge in [0.05, 0.1) is 16.8 Å². The molecule has 0 aliphatic rings. The van der Waals surface area contributed by atoms with Crippen molar-refractivity contribution in [3.05, 3.63) is 28.2 Å². The average molecular weight is 234 g/mol. The van der Waals surface area contributed by atoms with E-state index in [0.29, 0.717) is 23.0 Å². The number of anilines is 1. The Bertz CT molecular complexity index is 302. The minimum absolute atomic E-state index is 0.305. The lowest BCUT2D eigenvalue weighted by molar-refractivity contribution is 0.189. The lowest BCUT2D eigenvalue weighted by atomic mass is 10.2. The van der Waals surface area contributed by atoms with Gasteiger partial charge in [-0.25, -0.2) is 0 Å². The molecule has 0 amide bonds. The molecule has 0 saturated heterocycles. The van der Waals surface area contributed by atoms with E-state index in [9.17, 15) is 0 Å². The molecule has 0 aromatic heterocycles.